The van der Waals surface area contributed by atoms with Gasteiger partial charge in [0.2, 0.25) is 0 Å². The van der Waals surface area contributed by atoms with Gasteiger partial charge in [0, 0.05) is 38.3 Å². The highest BCUT2D eigenvalue weighted by Crippen LogP contribution is 2.41. The van der Waals surface area contributed by atoms with Crippen molar-refractivity contribution in [2.45, 2.75) is 32.7 Å². The summed E-state index contributed by atoms with van der Waals surface area (Å²) >= 11 is 5.64. The average molecular weight is 474 g/mol. The van der Waals surface area contributed by atoms with Crippen molar-refractivity contribution in [1.29, 1.82) is 0 Å². The van der Waals surface area contributed by atoms with Gasteiger partial charge in [0.05, 0.1) is 7.11 Å². The van der Waals surface area contributed by atoms with Gasteiger partial charge in [-0.15, -0.1) is 0 Å². The van der Waals surface area contributed by atoms with Crippen molar-refractivity contribution < 1.29 is 18.3 Å². The molecule has 33 heavy (non-hydrogen) atoms. The molecule has 2 aliphatic heterocycles. The highest BCUT2D eigenvalue weighted by atomic mass is 32.1. The molecular weight excluding hydrogens is 444 g/mol. The Morgan fingerprint density at radius 3 is 2.45 bits per heavy atom. The molecule has 0 saturated carbocycles. The van der Waals surface area contributed by atoms with Crippen LogP contribution in [0.15, 0.2) is 36.4 Å². The largest absolute Gasteiger partial charge is 0.496 e. The number of hydrogen-bond acceptors (Lipinski definition) is 3. The van der Waals surface area contributed by atoms with E-state index in [0.29, 0.717) is 24.7 Å². The predicted octanol–water partition coefficient (Wildman–Crippen LogP) is 4.28. The van der Waals surface area contributed by atoms with Gasteiger partial charge in [-0.25, -0.2) is 8.78 Å². The fourth-order valence-corrected chi connectivity index (χ4v) is 5.07. The van der Waals surface area contributed by atoms with E-state index in [1.807, 2.05) is 24.3 Å². The number of para-hydroxylation sites is 1. The Labute approximate surface area is 198 Å². The van der Waals surface area contributed by atoms with E-state index in [1.54, 1.807) is 12.0 Å². The van der Waals surface area contributed by atoms with E-state index < -0.39 is 23.1 Å². The third kappa shape index (κ3) is 4.81. The van der Waals surface area contributed by atoms with Gasteiger partial charge in [-0.2, -0.15) is 0 Å². The summed E-state index contributed by atoms with van der Waals surface area (Å²) in [6, 6.07) is 10.3. The molecule has 2 aromatic carbocycles. The van der Waals surface area contributed by atoms with Gasteiger partial charge in [0.1, 0.15) is 22.9 Å². The minimum atomic E-state index is -0.804. The van der Waals surface area contributed by atoms with Crippen LogP contribution in [0, 0.1) is 24.0 Å². The molecule has 0 atom stereocenters. The molecule has 2 fully saturated rings. The number of piperidine rings is 1. The van der Waals surface area contributed by atoms with Crippen molar-refractivity contribution in [3.05, 3.63) is 64.7 Å². The van der Waals surface area contributed by atoms with E-state index >= 15 is 0 Å². The number of methoxy groups -OCH3 is 1. The summed E-state index contributed by atoms with van der Waals surface area (Å²) in [5.74, 6) is -1.31. The summed E-state index contributed by atoms with van der Waals surface area (Å²) in [7, 11) is 1.65. The Morgan fingerprint density at radius 1 is 1.09 bits per heavy atom. The second-order valence-corrected chi connectivity index (χ2v) is 9.37. The van der Waals surface area contributed by atoms with Crippen molar-refractivity contribution in [3.8, 4) is 5.75 Å². The molecule has 5 nitrogen and oxygen atoms in total. The second kappa shape index (κ2) is 9.63. The monoisotopic (exact) mass is 473 g/mol. The van der Waals surface area contributed by atoms with Crippen LogP contribution in [0.4, 0.5) is 8.78 Å². The number of nitrogens with zero attached hydrogens (tertiary/aromatic N) is 2. The van der Waals surface area contributed by atoms with Crippen LogP contribution in [0.5, 0.6) is 5.75 Å². The van der Waals surface area contributed by atoms with Crippen molar-refractivity contribution in [1.82, 2.24) is 15.1 Å². The molecule has 1 N–H and O–H groups in total. The number of carbonyl (C=O) groups excluding carboxylic acids is 1. The number of likely N-dealkylation sites (tertiary alicyclic amines) is 2. The molecule has 176 valence electrons. The average Bonchev–Trinajstić information content (AvgIpc) is 3.24. The first kappa shape index (κ1) is 23.4. The normalized spacial score (nSPS) is 17.3. The maximum absolute atomic E-state index is 14.4. The van der Waals surface area contributed by atoms with Gasteiger partial charge in [0.25, 0.3) is 5.91 Å². The van der Waals surface area contributed by atoms with E-state index in [2.05, 4.69) is 10.2 Å². The minimum absolute atomic E-state index is 0.0661. The molecule has 8 heteroatoms. The molecule has 4 rings (SSSR count). The number of ether oxygens (including phenoxy) is 1. The van der Waals surface area contributed by atoms with Crippen molar-refractivity contribution in [3.63, 3.8) is 0 Å². The fraction of sp³-hybridized carbons (Fsp3) is 0.440. The van der Waals surface area contributed by atoms with Gasteiger partial charge < -0.3 is 19.9 Å². The smallest absolute Gasteiger partial charge is 0.259 e. The Morgan fingerprint density at radius 2 is 1.76 bits per heavy atom. The highest BCUT2D eigenvalue weighted by Gasteiger charge is 2.42. The molecule has 2 heterocycles. The Hall–Kier alpha value is -2.74. The zero-order chi connectivity index (χ0) is 23.6. The number of halogens is 2. The number of thiocarbonyl (C=S) groups is 1. The molecule has 0 aromatic heterocycles. The fourth-order valence-electron chi connectivity index (χ4n) is 4.84. The third-order valence-electron chi connectivity index (χ3n) is 6.96. The lowest BCUT2D eigenvalue weighted by Crippen LogP contribution is -2.46. The highest BCUT2D eigenvalue weighted by molar-refractivity contribution is 7.80. The molecule has 2 aromatic rings. The number of amides is 1. The van der Waals surface area contributed by atoms with Gasteiger partial charge in [-0.3, -0.25) is 4.79 Å². The van der Waals surface area contributed by atoms with Gasteiger partial charge in [-0.1, -0.05) is 24.3 Å². The standard InChI is InChI=1S/C25H29F2N3O2S/c1-17-7-8-19(26)21(22(17)27)23(31)29-12-9-25(10-13-29)11-14-30(16-25)24(33)28-15-18-5-3-4-6-20(18)32-2/h3-8H,9-16H2,1-2H3,(H,28,33). The lowest BCUT2D eigenvalue weighted by atomic mass is 9.77. The first-order chi connectivity index (χ1) is 15.8. The maximum Gasteiger partial charge on any atom is 0.259 e. The van der Waals surface area contributed by atoms with E-state index in [9.17, 15) is 13.6 Å². The van der Waals surface area contributed by atoms with Crippen LogP contribution < -0.4 is 10.1 Å². The van der Waals surface area contributed by atoms with Gasteiger partial charge in [-0.05, 0) is 61.5 Å². The van der Waals surface area contributed by atoms with Crippen LogP contribution in [0.3, 0.4) is 0 Å². The summed E-state index contributed by atoms with van der Waals surface area (Å²) in [6.07, 6.45) is 2.57. The quantitative estimate of drug-likeness (QED) is 0.672. The van der Waals surface area contributed by atoms with Crippen LogP contribution in [-0.4, -0.2) is 54.1 Å². The zero-order valence-electron chi connectivity index (χ0n) is 19.0. The Balaban J connectivity index is 1.33. The molecule has 1 spiro atoms. The van der Waals surface area contributed by atoms with Crippen LogP contribution >= 0.6 is 12.2 Å². The number of benzene rings is 2. The Kier molecular flexibility index (Phi) is 6.83. The van der Waals surface area contributed by atoms with Crippen LogP contribution in [0.25, 0.3) is 0 Å². The maximum atomic E-state index is 14.4. The summed E-state index contributed by atoms with van der Waals surface area (Å²) in [6.45, 7) is 4.77. The molecule has 1 amide bonds. The molecule has 2 aliphatic rings. The van der Waals surface area contributed by atoms with E-state index in [1.165, 1.54) is 13.0 Å². The van der Waals surface area contributed by atoms with Crippen LogP contribution in [0.2, 0.25) is 0 Å². The molecule has 0 unspecified atom stereocenters. The van der Waals surface area contributed by atoms with Crippen LogP contribution in [0.1, 0.15) is 40.7 Å². The summed E-state index contributed by atoms with van der Waals surface area (Å²) in [5.41, 5.74) is 0.935. The Bertz CT molecular complexity index is 1050. The van der Waals surface area contributed by atoms with E-state index in [-0.39, 0.29) is 11.0 Å². The molecule has 2 saturated heterocycles. The van der Waals surface area contributed by atoms with Gasteiger partial charge in [0.15, 0.2) is 5.11 Å². The lowest BCUT2D eigenvalue weighted by Gasteiger charge is -2.39. The predicted molar refractivity (Wildman–Crippen MR) is 127 cm³/mol. The number of nitrogens with one attached hydrogen (secondary N) is 1. The van der Waals surface area contributed by atoms with E-state index in [0.717, 1.165) is 49.7 Å². The molecular formula is C25H29F2N3O2S. The molecule has 0 radical (unpaired) electrons. The zero-order valence-corrected chi connectivity index (χ0v) is 19.8. The topological polar surface area (TPSA) is 44.8 Å². The van der Waals surface area contributed by atoms with Gasteiger partial charge >= 0.3 is 0 Å². The number of hydrogen-bond donors (Lipinski definition) is 1. The van der Waals surface area contributed by atoms with Crippen molar-refractivity contribution >= 4 is 23.2 Å². The van der Waals surface area contributed by atoms with Crippen molar-refractivity contribution in [2.24, 2.45) is 5.41 Å². The second-order valence-electron chi connectivity index (χ2n) is 8.99. The summed E-state index contributed by atoms with van der Waals surface area (Å²) in [5, 5.41) is 4.04. The molecule has 0 aliphatic carbocycles. The lowest BCUT2D eigenvalue weighted by molar-refractivity contribution is 0.0589. The summed E-state index contributed by atoms with van der Waals surface area (Å²) < 4.78 is 34.0. The van der Waals surface area contributed by atoms with Crippen LogP contribution in [-0.2, 0) is 6.54 Å². The third-order valence-corrected chi connectivity index (χ3v) is 7.36. The minimum Gasteiger partial charge on any atom is -0.496 e. The summed E-state index contributed by atoms with van der Waals surface area (Å²) in [4.78, 5) is 16.6. The molecule has 0 bridgehead atoms. The van der Waals surface area contributed by atoms with E-state index in [4.69, 9.17) is 17.0 Å². The number of rotatable bonds is 4. The van der Waals surface area contributed by atoms with Crippen molar-refractivity contribution in [2.75, 3.05) is 33.3 Å². The number of carbonyl (C=O) groups is 1. The first-order valence-corrected chi connectivity index (χ1v) is 11.6. The first-order valence-electron chi connectivity index (χ1n) is 11.2. The number of aryl methyl sites for hydroxylation is 1. The SMILES string of the molecule is COc1ccccc1CNC(=S)N1CCC2(CCN(C(=O)c3c(F)ccc(C)c3F)CC2)C1.